The summed E-state index contributed by atoms with van der Waals surface area (Å²) in [6.07, 6.45) is 0.365. The van der Waals surface area contributed by atoms with Gasteiger partial charge in [0.15, 0.2) is 0 Å². The van der Waals surface area contributed by atoms with Gasteiger partial charge >= 0.3 is 6.18 Å². The van der Waals surface area contributed by atoms with Crippen LogP contribution >= 0.6 is 0 Å². The molecular weight excluding hydrogens is 409 g/mol. The third-order valence-corrected chi connectivity index (χ3v) is 5.24. The highest BCUT2D eigenvalue weighted by Gasteiger charge is 2.36. The van der Waals surface area contributed by atoms with E-state index in [2.05, 4.69) is 10.3 Å². The van der Waals surface area contributed by atoms with Gasteiger partial charge in [-0.3, -0.25) is 14.6 Å². The number of hydrogen-bond acceptors (Lipinski definition) is 3. The molecule has 1 aliphatic heterocycles. The maximum atomic E-state index is 13.3. The van der Waals surface area contributed by atoms with Crippen molar-refractivity contribution >= 4 is 23.2 Å². The van der Waals surface area contributed by atoms with Gasteiger partial charge in [-0.05, 0) is 55.8 Å². The van der Waals surface area contributed by atoms with E-state index in [-0.39, 0.29) is 23.8 Å². The number of aromatic nitrogens is 2. The van der Waals surface area contributed by atoms with Crippen molar-refractivity contribution in [2.24, 2.45) is 0 Å². The number of fused-ring (bicyclic) bond motifs is 1. The van der Waals surface area contributed by atoms with Crippen molar-refractivity contribution in [3.8, 4) is 0 Å². The van der Waals surface area contributed by atoms with Gasteiger partial charge in [0.1, 0.15) is 5.69 Å². The minimum atomic E-state index is -4.46. The zero-order valence-electron chi connectivity index (χ0n) is 16.8. The second-order valence-electron chi connectivity index (χ2n) is 7.45. The van der Waals surface area contributed by atoms with E-state index in [4.69, 9.17) is 0 Å². The fourth-order valence-electron chi connectivity index (χ4n) is 3.75. The molecule has 1 N–H and O–H groups in total. The summed E-state index contributed by atoms with van der Waals surface area (Å²) in [5.41, 5.74) is 1.11. The summed E-state index contributed by atoms with van der Waals surface area (Å²) in [4.78, 5) is 31.7. The van der Waals surface area contributed by atoms with Gasteiger partial charge in [-0.25, -0.2) is 0 Å². The lowest BCUT2D eigenvalue weighted by Gasteiger charge is -2.33. The Labute approximate surface area is 176 Å². The van der Waals surface area contributed by atoms with E-state index < -0.39 is 23.6 Å². The third-order valence-electron chi connectivity index (χ3n) is 5.24. The van der Waals surface area contributed by atoms with Crippen molar-refractivity contribution in [3.05, 3.63) is 77.4 Å². The largest absolute Gasteiger partial charge is 0.416 e. The Bertz CT molecular complexity index is 1140. The van der Waals surface area contributed by atoms with Crippen molar-refractivity contribution < 1.29 is 22.8 Å². The van der Waals surface area contributed by atoms with Gasteiger partial charge in [0.05, 0.1) is 23.0 Å². The molecule has 2 amide bonds. The maximum absolute atomic E-state index is 13.3. The van der Waals surface area contributed by atoms with Crippen LogP contribution in [0.15, 0.2) is 55.0 Å². The predicted molar refractivity (Wildman–Crippen MR) is 109 cm³/mol. The molecule has 0 spiro atoms. The molecular formula is C22H19F3N4O2. The highest BCUT2D eigenvalue weighted by molar-refractivity contribution is 6.16. The SMILES string of the molecule is Cc1cn2c(c1C(=O)Nc1cccnc1)C(=O)N(c1ccc(C(F)(F)F)cc1)C[C@@H]2C. The quantitative estimate of drug-likeness (QED) is 0.659. The number of hydrogen-bond donors (Lipinski definition) is 1. The van der Waals surface area contributed by atoms with Gasteiger partial charge in [-0.15, -0.1) is 0 Å². The first-order valence-corrected chi connectivity index (χ1v) is 9.58. The molecule has 1 aliphatic rings. The third kappa shape index (κ3) is 3.78. The normalized spacial score (nSPS) is 16.2. The van der Waals surface area contributed by atoms with Crippen molar-refractivity contribution in [2.45, 2.75) is 26.1 Å². The Balaban J connectivity index is 1.70. The molecule has 1 atom stereocenters. The van der Waals surface area contributed by atoms with Crippen LogP contribution in [-0.2, 0) is 6.18 Å². The maximum Gasteiger partial charge on any atom is 0.416 e. The Morgan fingerprint density at radius 2 is 1.90 bits per heavy atom. The lowest BCUT2D eigenvalue weighted by Crippen LogP contribution is -2.43. The van der Waals surface area contributed by atoms with Crippen molar-refractivity contribution in [3.63, 3.8) is 0 Å². The van der Waals surface area contributed by atoms with Crippen LogP contribution in [0.2, 0.25) is 0 Å². The minimum absolute atomic E-state index is 0.173. The molecule has 3 aromatic rings. The molecule has 2 aromatic heterocycles. The second kappa shape index (κ2) is 7.57. The van der Waals surface area contributed by atoms with Crippen LogP contribution < -0.4 is 10.2 Å². The van der Waals surface area contributed by atoms with Gasteiger partial charge in [0.2, 0.25) is 0 Å². The van der Waals surface area contributed by atoms with Gasteiger partial charge in [0, 0.05) is 30.7 Å². The molecule has 1 aromatic carbocycles. The Kier molecular flexibility index (Phi) is 5.04. The van der Waals surface area contributed by atoms with Crippen LogP contribution in [-0.4, -0.2) is 27.9 Å². The van der Waals surface area contributed by atoms with E-state index in [1.54, 1.807) is 36.0 Å². The number of anilines is 2. The van der Waals surface area contributed by atoms with E-state index in [1.807, 2.05) is 6.92 Å². The number of halogens is 3. The molecule has 31 heavy (non-hydrogen) atoms. The Morgan fingerprint density at radius 1 is 1.19 bits per heavy atom. The van der Waals surface area contributed by atoms with E-state index in [0.717, 1.165) is 12.1 Å². The van der Waals surface area contributed by atoms with Crippen LogP contribution in [0.1, 0.15) is 44.9 Å². The molecule has 0 radical (unpaired) electrons. The van der Waals surface area contributed by atoms with E-state index in [9.17, 15) is 22.8 Å². The zero-order valence-corrected chi connectivity index (χ0v) is 16.8. The summed E-state index contributed by atoms with van der Waals surface area (Å²) >= 11 is 0. The molecule has 3 heterocycles. The first kappa shape index (κ1) is 20.6. The number of nitrogens with one attached hydrogen (secondary N) is 1. The van der Waals surface area contributed by atoms with Crippen LogP contribution in [0.4, 0.5) is 24.5 Å². The monoisotopic (exact) mass is 428 g/mol. The average molecular weight is 428 g/mol. The van der Waals surface area contributed by atoms with Crippen LogP contribution in [0.3, 0.4) is 0 Å². The van der Waals surface area contributed by atoms with Crippen molar-refractivity contribution in [1.82, 2.24) is 9.55 Å². The summed E-state index contributed by atoms with van der Waals surface area (Å²) in [5, 5.41) is 2.74. The summed E-state index contributed by atoms with van der Waals surface area (Å²) in [5.74, 6) is -0.892. The molecule has 9 heteroatoms. The first-order valence-electron chi connectivity index (χ1n) is 9.58. The number of amides is 2. The highest BCUT2D eigenvalue weighted by atomic mass is 19.4. The summed E-state index contributed by atoms with van der Waals surface area (Å²) < 4.78 is 40.4. The van der Waals surface area contributed by atoms with Crippen molar-refractivity contribution in [1.29, 1.82) is 0 Å². The fourth-order valence-corrected chi connectivity index (χ4v) is 3.75. The van der Waals surface area contributed by atoms with Gasteiger partial charge in [0.25, 0.3) is 11.8 Å². The molecule has 0 saturated carbocycles. The number of nitrogens with zero attached hydrogens (tertiary/aromatic N) is 3. The van der Waals surface area contributed by atoms with Gasteiger partial charge in [-0.1, -0.05) is 0 Å². The van der Waals surface area contributed by atoms with Crippen LogP contribution in [0.25, 0.3) is 0 Å². The van der Waals surface area contributed by atoms with Gasteiger partial charge < -0.3 is 14.8 Å². The standard InChI is InChI=1S/C22H19F3N4O2/c1-13-11-28-14(2)12-29(17-7-5-15(6-8-17)22(23,24)25)21(31)19(28)18(13)20(30)27-16-4-3-9-26-10-16/h3-11,14H,12H2,1-2H3,(H,27,30)/t14-/m0/s1. The first-order chi connectivity index (χ1) is 14.7. The van der Waals surface area contributed by atoms with Crippen molar-refractivity contribution in [2.75, 3.05) is 16.8 Å². The number of aryl methyl sites for hydroxylation is 1. The average Bonchev–Trinajstić information content (AvgIpc) is 3.09. The summed E-state index contributed by atoms with van der Waals surface area (Å²) in [6, 6.07) is 7.63. The topological polar surface area (TPSA) is 67.2 Å². The number of rotatable bonds is 3. The Hall–Kier alpha value is -3.62. The second-order valence-corrected chi connectivity index (χ2v) is 7.45. The predicted octanol–water partition coefficient (Wildman–Crippen LogP) is 4.68. The highest BCUT2D eigenvalue weighted by Crippen LogP contribution is 2.34. The Morgan fingerprint density at radius 3 is 2.52 bits per heavy atom. The van der Waals surface area contributed by atoms with Crippen LogP contribution in [0, 0.1) is 6.92 Å². The number of benzene rings is 1. The smallest absolute Gasteiger partial charge is 0.338 e. The summed E-state index contributed by atoms with van der Waals surface area (Å²) in [6.45, 7) is 3.90. The lowest BCUT2D eigenvalue weighted by atomic mass is 10.1. The molecule has 4 rings (SSSR count). The number of carbonyl (C=O) groups excluding carboxylic acids is 2. The molecule has 0 unspecified atom stereocenters. The van der Waals surface area contributed by atoms with E-state index in [1.165, 1.54) is 23.2 Å². The molecule has 0 saturated heterocycles. The zero-order chi connectivity index (χ0) is 22.3. The fraction of sp³-hybridized carbons (Fsp3) is 0.227. The lowest BCUT2D eigenvalue weighted by molar-refractivity contribution is -0.137. The molecule has 6 nitrogen and oxygen atoms in total. The minimum Gasteiger partial charge on any atom is -0.338 e. The van der Waals surface area contributed by atoms with E-state index in [0.29, 0.717) is 16.9 Å². The molecule has 0 aliphatic carbocycles. The number of pyridine rings is 1. The number of alkyl halides is 3. The molecule has 0 fully saturated rings. The molecule has 0 bridgehead atoms. The summed E-state index contributed by atoms with van der Waals surface area (Å²) in [7, 11) is 0. The van der Waals surface area contributed by atoms with Crippen LogP contribution in [0.5, 0.6) is 0 Å². The molecule has 160 valence electrons. The van der Waals surface area contributed by atoms with Gasteiger partial charge in [-0.2, -0.15) is 13.2 Å². The van der Waals surface area contributed by atoms with E-state index >= 15 is 0 Å². The number of carbonyl (C=O) groups is 2.